The van der Waals surface area contributed by atoms with E-state index >= 15 is 0 Å². The summed E-state index contributed by atoms with van der Waals surface area (Å²) in [6, 6.07) is 6.77. The fourth-order valence-corrected chi connectivity index (χ4v) is 2.89. The Morgan fingerprint density at radius 3 is 2.60 bits per heavy atom. The van der Waals surface area contributed by atoms with Gasteiger partial charge in [0.25, 0.3) is 0 Å². The average Bonchev–Trinajstić information content (AvgIpc) is 2.82. The highest BCUT2D eigenvalue weighted by atomic mass is 19.1. The predicted octanol–water partition coefficient (Wildman–Crippen LogP) is 2.97. The van der Waals surface area contributed by atoms with Crippen LogP contribution in [0.5, 0.6) is 0 Å². The van der Waals surface area contributed by atoms with E-state index in [0.29, 0.717) is 18.2 Å². The van der Waals surface area contributed by atoms with Crippen LogP contribution in [0, 0.1) is 19.7 Å². The summed E-state index contributed by atoms with van der Waals surface area (Å²) >= 11 is 0. The number of rotatable bonds is 7. The van der Waals surface area contributed by atoms with Crippen LogP contribution < -0.4 is 5.32 Å². The van der Waals surface area contributed by atoms with Crippen molar-refractivity contribution in [2.45, 2.75) is 46.8 Å². The van der Waals surface area contributed by atoms with Gasteiger partial charge in [0.2, 0.25) is 5.91 Å². The lowest BCUT2D eigenvalue weighted by atomic mass is 10.2. The molecule has 0 saturated heterocycles. The molecular weight excluding hydrogens is 319 g/mol. The fraction of sp³-hybridized carbons (Fsp3) is 0.474. The summed E-state index contributed by atoms with van der Waals surface area (Å²) in [5.74, 6) is -0.430. The first-order valence-electron chi connectivity index (χ1n) is 8.52. The number of likely N-dealkylation sites (N-methyl/N-ethyl adjacent to an activating group) is 1. The van der Waals surface area contributed by atoms with Gasteiger partial charge in [-0.1, -0.05) is 18.2 Å². The number of aryl methyl sites for hydroxylation is 1. The largest absolute Gasteiger partial charge is 0.351 e. The van der Waals surface area contributed by atoms with Crippen molar-refractivity contribution >= 4 is 5.91 Å². The number of carbonyl (C=O) groups is 1. The molecule has 0 fully saturated rings. The van der Waals surface area contributed by atoms with Crippen LogP contribution in [0.15, 0.2) is 24.3 Å². The number of hydrogen-bond donors (Lipinski definition) is 1. The third kappa shape index (κ3) is 4.89. The molecule has 1 aromatic carbocycles. The predicted molar refractivity (Wildman–Crippen MR) is 96.7 cm³/mol. The average molecular weight is 346 g/mol. The molecule has 0 aliphatic carbocycles. The fourth-order valence-electron chi connectivity index (χ4n) is 2.89. The maximum absolute atomic E-state index is 13.6. The van der Waals surface area contributed by atoms with Gasteiger partial charge in [0.05, 0.1) is 12.2 Å². The number of hydrogen-bond acceptors (Lipinski definition) is 3. The number of aromatic nitrogens is 2. The second kappa shape index (κ2) is 8.25. The van der Waals surface area contributed by atoms with Crippen LogP contribution in [-0.2, 0) is 17.9 Å². The Morgan fingerprint density at radius 2 is 2.00 bits per heavy atom. The molecule has 1 N–H and O–H groups in total. The van der Waals surface area contributed by atoms with Crippen molar-refractivity contribution in [3.63, 3.8) is 0 Å². The maximum atomic E-state index is 13.6. The summed E-state index contributed by atoms with van der Waals surface area (Å²) in [6.07, 6.45) is 0. The van der Waals surface area contributed by atoms with Crippen molar-refractivity contribution in [3.05, 3.63) is 52.6 Å². The number of amides is 1. The van der Waals surface area contributed by atoms with Gasteiger partial charge in [-0.2, -0.15) is 5.10 Å². The Hall–Kier alpha value is -2.21. The molecule has 1 amide bonds. The van der Waals surface area contributed by atoms with Gasteiger partial charge in [-0.25, -0.2) is 4.39 Å². The number of nitrogens with one attached hydrogen (secondary N) is 1. The van der Waals surface area contributed by atoms with Gasteiger partial charge < -0.3 is 5.32 Å². The SMILES string of the molecule is Cc1nn(C(C)C)c(C)c1CN(C)CC(=O)NCc1ccccc1F. The number of halogens is 1. The minimum atomic E-state index is -0.302. The molecule has 0 aliphatic rings. The highest BCUT2D eigenvalue weighted by Gasteiger charge is 2.16. The molecule has 6 heteroatoms. The molecule has 1 aromatic heterocycles. The van der Waals surface area contributed by atoms with Crippen LogP contribution in [0.25, 0.3) is 0 Å². The lowest BCUT2D eigenvalue weighted by Gasteiger charge is -2.17. The number of carbonyl (C=O) groups excluding carboxylic acids is 1. The molecule has 2 rings (SSSR count). The summed E-state index contributed by atoms with van der Waals surface area (Å²) in [5.41, 5.74) is 3.76. The monoisotopic (exact) mass is 346 g/mol. The van der Waals surface area contributed by atoms with Gasteiger partial charge in [0.15, 0.2) is 0 Å². The van der Waals surface area contributed by atoms with Gasteiger partial charge in [-0.05, 0) is 40.8 Å². The zero-order valence-corrected chi connectivity index (χ0v) is 15.6. The van der Waals surface area contributed by atoms with Crippen molar-refractivity contribution in [3.8, 4) is 0 Å². The lowest BCUT2D eigenvalue weighted by Crippen LogP contribution is -2.34. The summed E-state index contributed by atoms with van der Waals surface area (Å²) in [6.45, 7) is 9.35. The smallest absolute Gasteiger partial charge is 0.234 e. The van der Waals surface area contributed by atoms with E-state index in [1.54, 1.807) is 18.2 Å². The molecule has 2 aromatic rings. The number of benzene rings is 1. The van der Waals surface area contributed by atoms with Crippen LogP contribution in [0.3, 0.4) is 0 Å². The topological polar surface area (TPSA) is 50.2 Å². The van der Waals surface area contributed by atoms with E-state index in [2.05, 4.69) is 31.2 Å². The van der Waals surface area contributed by atoms with Gasteiger partial charge >= 0.3 is 0 Å². The molecule has 0 bridgehead atoms. The molecule has 0 aliphatic heterocycles. The summed E-state index contributed by atoms with van der Waals surface area (Å²) in [7, 11) is 1.90. The molecule has 0 saturated carbocycles. The Morgan fingerprint density at radius 1 is 1.32 bits per heavy atom. The first-order chi connectivity index (χ1) is 11.8. The van der Waals surface area contributed by atoms with Crippen LogP contribution in [-0.4, -0.2) is 34.2 Å². The van der Waals surface area contributed by atoms with E-state index in [0.717, 1.165) is 17.0 Å². The van der Waals surface area contributed by atoms with Crippen molar-refractivity contribution in [1.82, 2.24) is 20.0 Å². The summed E-state index contributed by atoms with van der Waals surface area (Å²) in [4.78, 5) is 14.1. The van der Waals surface area contributed by atoms with Gasteiger partial charge in [0, 0.05) is 36.0 Å². The first-order valence-corrected chi connectivity index (χ1v) is 8.52. The van der Waals surface area contributed by atoms with Crippen LogP contribution in [0.1, 0.15) is 42.4 Å². The molecular formula is C19H27FN4O. The zero-order valence-electron chi connectivity index (χ0n) is 15.6. The third-order valence-corrected chi connectivity index (χ3v) is 4.24. The highest BCUT2D eigenvalue weighted by Crippen LogP contribution is 2.18. The van der Waals surface area contributed by atoms with E-state index in [1.807, 2.05) is 23.6 Å². The van der Waals surface area contributed by atoms with Gasteiger partial charge in [0.1, 0.15) is 5.82 Å². The Labute approximate surface area is 148 Å². The molecule has 1 heterocycles. The molecule has 0 atom stereocenters. The minimum Gasteiger partial charge on any atom is -0.351 e. The zero-order chi connectivity index (χ0) is 18.6. The molecule has 0 unspecified atom stereocenters. The molecule has 136 valence electrons. The summed E-state index contributed by atoms with van der Waals surface area (Å²) in [5, 5.41) is 7.34. The summed E-state index contributed by atoms with van der Waals surface area (Å²) < 4.78 is 15.6. The normalized spacial score (nSPS) is 11.4. The Bertz CT molecular complexity index is 739. The van der Waals surface area contributed by atoms with Crippen molar-refractivity contribution < 1.29 is 9.18 Å². The van der Waals surface area contributed by atoms with Crippen molar-refractivity contribution in [2.24, 2.45) is 0 Å². The third-order valence-electron chi connectivity index (χ3n) is 4.24. The van der Waals surface area contributed by atoms with E-state index < -0.39 is 0 Å². The van der Waals surface area contributed by atoms with Crippen LogP contribution >= 0.6 is 0 Å². The Balaban J connectivity index is 1.91. The number of nitrogens with zero attached hydrogens (tertiary/aromatic N) is 3. The standard InChI is InChI=1S/C19H27FN4O/c1-13(2)24-15(4)17(14(3)22-24)11-23(5)12-19(25)21-10-16-8-6-7-9-18(16)20/h6-9,13H,10-12H2,1-5H3,(H,21,25). The van der Waals surface area contributed by atoms with E-state index in [-0.39, 0.29) is 24.8 Å². The first kappa shape index (κ1) is 19.1. The van der Waals surface area contributed by atoms with Gasteiger partial charge in [-0.3, -0.25) is 14.4 Å². The van der Waals surface area contributed by atoms with Gasteiger partial charge in [-0.15, -0.1) is 0 Å². The van der Waals surface area contributed by atoms with Crippen LogP contribution in [0.4, 0.5) is 4.39 Å². The second-order valence-corrected chi connectivity index (χ2v) is 6.73. The van der Waals surface area contributed by atoms with E-state index in [9.17, 15) is 9.18 Å². The molecule has 5 nitrogen and oxygen atoms in total. The second-order valence-electron chi connectivity index (χ2n) is 6.73. The molecule has 0 spiro atoms. The van der Waals surface area contributed by atoms with E-state index in [4.69, 9.17) is 0 Å². The minimum absolute atomic E-state index is 0.127. The molecule has 0 radical (unpaired) electrons. The highest BCUT2D eigenvalue weighted by molar-refractivity contribution is 5.77. The van der Waals surface area contributed by atoms with Crippen molar-refractivity contribution in [1.29, 1.82) is 0 Å². The maximum Gasteiger partial charge on any atom is 0.234 e. The lowest BCUT2D eigenvalue weighted by molar-refractivity contribution is -0.122. The Kier molecular flexibility index (Phi) is 6.31. The van der Waals surface area contributed by atoms with Crippen molar-refractivity contribution in [2.75, 3.05) is 13.6 Å². The van der Waals surface area contributed by atoms with Crippen LogP contribution in [0.2, 0.25) is 0 Å². The van der Waals surface area contributed by atoms with E-state index in [1.165, 1.54) is 6.07 Å². The molecule has 25 heavy (non-hydrogen) atoms. The quantitative estimate of drug-likeness (QED) is 0.838.